The highest BCUT2D eigenvalue weighted by molar-refractivity contribution is 6.46. The molecule has 0 saturated carbocycles. The van der Waals surface area contributed by atoms with Crippen molar-refractivity contribution in [3.8, 4) is 5.75 Å². The molecule has 192 valence electrons. The average Bonchev–Trinajstić information content (AvgIpc) is 3.15. The van der Waals surface area contributed by atoms with Gasteiger partial charge in [0, 0.05) is 5.57 Å². The number of likely N-dealkylation sites (tertiary alicyclic amines) is 1. The van der Waals surface area contributed by atoms with Crippen molar-refractivity contribution in [1.29, 1.82) is 0 Å². The summed E-state index contributed by atoms with van der Waals surface area (Å²) in [7, 11) is 3.98. The Hall–Kier alpha value is -3.90. The first-order valence-electron chi connectivity index (χ1n) is 12.7. The zero-order chi connectivity index (χ0) is 26.5. The molecule has 1 unspecified atom stereocenters. The van der Waals surface area contributed by atoms with E-state index in [0.29, 0.717) is 31.0 Å². The second kappa shape index (κ2) is 11.4. The van der Waals surface area contributed by atoms with E-state index in [1.807, 2.05) is 63.5 Å². The lowest BCUT2D eigenvalue weighted by atomic mass is 9.94. The lowest BCUT2D eigenvalue weighted by molar-refractivity contribution is -0.857. The molecule has 4 rings (SSSR count). The predicted molar refractivity (Wildman–Crippen MR) is 142 cm³/mol. The van der Waals surface area contributed by atoms with E-state index in [2.05, 4.69) is 13.0 Å². The smallest absolute Gasteiger partial charge is 0.295 e. The van der Waals surface area contributed by atoms with Gasteiger partial charge in [0.2, 0.25) is 5.78 Å². The lowest BCUT2D eigenvalue weighted by Gasteiger charge is -2.28. The van der Waals surface area contributed by atoms with Crippen LogP contribution in [0.1, 0.15) is 40.8 Å². The Bertz CT molecular complexity index is 1290. The quantitative estimate of drug-likeness (QED) is 0.280. The van der Waals surface area contributed by atoms with Crippen molar-refractivity contribution in [3.63, 3.8) is 0 Å². The molecule has 37 heavy (non-hydrogen) atoms. The zero-order valence-electron chi connectivity index (χ0n) is 21.9. The molecule has 0 spiro atoms. The number of amides is 1. The van der Waals surface area contributed by atoms with E-state index < -0.39 is 23.5 Å². The Morgan fingerprint density at radius 3 is 2.30 bits per heavy atom. The topological polar surface area (TPSA) is 74.1 Å². The summed E-state index contributed by atoms with van der Waals surface area (Å²) in [6.45, 7) is 5.56. The van der Waals surface area contributed by atoms with Gasteiger partial charge in [0.15, 0.2) is 0 Å². The van der Waals surface area contributed by atoms with Crippen LogP contribution in [0.3, 0.4) is 0 Å². The van der Waals surface area contributed by atoms with Gasteiger partial charge in [0.1, 0.15) is 12.4 Å². The number of ether oxygens (including phenoxy) is 1. The summed E-state index contributed by atoms with van der Waals surface area (Å²) in [5.41, 5.74) is 4.51. The number of likely N-dealkylation sites (N-methyl/N-ethyl adjacent to an activating group) is 1. The van der Waals surface area contributed by atoms with Crippen molar-refractivity contribution in [2.75, 3.05) is 27.2 Å². The van der Waals surface area contributed by atoms with E-state index in [0.717, 1.165) is 33.6 Å². The van der Waals surface area contributed by atoms with Gasteiger partial charge in [-0.2, -0.15) is 0 Å². The Morgan fingerprint density at radius 2 is 1.68 bits per heavy atom. The van der Waals surface area contributed by atoms with E-state index in [9.17, 15) is 14.7 Å². The first-order chi connectivity index (χ1) is 17.8. The van der Waals surface area contributed by atoms with Crippen LogP contribution in [0.15, 0.2) is 78.4 Å². The number of aryl methyl sites for hydroxylation is 2. The minimum absolute atomic E-state index is 0.0106. The Labute approximate surface area is 218 Å². The number of ketones is 1. The molecule has 1 aliphatic heterocycles. The van der Waals surface area contributed by atoms with Gasteiger partial charge in [-0.25, -0.2) is 0 Å². The molecule has 1 saturated heterocycles. The van der Waals surface area contributed by atoms with Crippen molar-refractivity contribution in [3.05, 3.63) is 106 Å². The molecule has 1 amide bonds. The summed E-state index contributed by atoms with van der Waals surface area (Å²) >= 11 is 0. The molecular weight excluding hydrogens is 464 g/mol. The molecule has 1 atom stereocenters. The summed E-state index contributed by atoms with van der Waals surface area (Å²) in [5.74, 6) is -1.14. The lowest BCUT2D eigenvalue weighted by Crippen LogP contribution is -3.06. The highest BCUT2D eigenvalue weighted by Crippen LogP contribution is 2.38. The van der Waals surface area contributed by atoms with Crippen molar-refractivity contribution in [1.82, 2.24) is 4.90 Å². The highest BCUT2D eigenvalue weighted by atomic mass is 16.5. The van der Waals surface area contributed by atoms with Gasteiger partial charge < -0.3 is 19.6 Å². The number of hydrogen-bond donors (Lipinski definition) is 1. The number of Topliss-reactive ketones (excluding diaryl/α,β-unsaturated/α-hetero) is 1. The SMILES string of the molecule is CCc1ccc(C2C(=C([O-])c3ccc(OCc4cccc(C)c4)cc3)C(=O)C(=O)N2CC[NH+](C)C)cc1. The second-order valence-electron chi connectivity index (χ2n) is 9.83. The fraction of sp³-hybridized carbons (Fsp3) is 0.290. The number of carbonyl (C=O) groups excluding carboxylic acids is 2. The van der Waals surface area contributed by atoms with E-state index >= 15 is 0 Å². The summed E-state index contributed by atoms with van der Waals surface area (Å²) < 4.78 is 5.88. The van der Waals surface area contributed by atoms with Gasteiger partial charge >= 0.3 is 0 Å². The Balaban J connectivity index is 1.64. The van der Waals surface area contributed by atoms with Gasteiger partial charge in [-0.1, -0.05) is 78.9 Å². The normalized spacial score (nSPS) is 17.0. The van der Waals surface area contributed by atoms with E-state index in [1.54, 1.807) is 29.2 Å². The summed E-state index contributed by atoms with van der Waals surface area (Å²) in [6, 6.07) is 22.0. The maximum Gasteiger partial charge on any atom is 0.295 e. The fourth-order valence-corrected chi connectivity index (χ4v) is 4.55. The third kappa shape index (κ3) is 5.92. The average molecular weight is 499 g/mol. The molecule has 3 aromatic rings. The van der Waals surface area contributed by atoms with Crippen LogP contribution < -0.4 is 14.7 Å². The number of rotatable bonds is 9. The molecule has 0 aromatic heterocycles. The van der Waals surface area contributed by atoms with E-state index in [4.69, 9.17) is 4.74 Å². The number of nitrogens with zero attached hydrogens (tertiary/aromatic N) is 1. The summed E-state index contributed by atoms with van der Waals surface area (Å²) in [4.78, 5) is 28.9. The molecule has 0 aliphatic carbocycles. The minimum Gasteiger partial charge on any atom is -0.872 e. The standard InChI is InChI=1S/C31H34N2O4/c1-5-22-9-11-24(12-10-22)28-27(30(35)31(36)33(28)18-17-32(3)4)29(34)25-13-15-26(16-14-25)37-20-23-8-6-7-21(2)19-23/h6-16,19,28,34H,5,17-18,20H2,1-4H3. The number of nitrogens with one attached hydrogen (secondary N) is 1. The van der Waals surface area contributed by atoms with Crippen molar-refractivity contribution in [2.45, 2.75) is 32.9 Å². The monoisotopic (exact) mass is 498 g/mol. The molecular formula is C31H34N2O4. The van der Waals surface area contributed by atoms with Crippen molar-refractivity contribution >= 4 is 17.4 Å². The molecule has 1 heterocycles. The van der Waals surface area contributed by atoms with Crippen LogP contribution in [0.5, 0.6) is 5.75 Å². The third-order valence-electron chi connectivity index (χ3n) is 6.69. The van der Waals surface area contributed by atoms with Crippen LogP contribution in [0, 0.1) is 6.92 Å². The van der Waals surface area contributed by atoms with Crippen LogP contribution in [0.4, 0.5) is 0 Å². The van der Waals surface area contributed by atoms with E-state index in [1.165, 1.54) is 0 Å². The van der Waals surface area contributed by atoms with Gasteiger partial charge in [0.25, 0.3) is 5.91 Å². The number of hydrogen-bond acceptors (Lipinski definition) is 4. The van der Waals surface area contributed by atoms with Crippen molar-refractivity contribution in [2.24, 2.45) is 0 Å². The van der Waals surface area contributed by atoms with Gasteiger partial charge in [-0.15, -0.1) is 0 Å². The zero-order valence-corrected chi connectivity index (χ0v) is 21.9. The van der Waals surface area contributed by atoms with Crippen LogP contribution in [0.25, 0.3) is 5.76 Å². The molecule has 6 nitrogen and oxygen atoms in total. The largest absolute Gasteiger partial charge is 0.872 e. The molecule has 1 fully saturated rings. The highest BCUT2D eigenvalue weighted by Gasteiger charge is 2.44. The van der Waals surface area contributed by atoms with Crippen molar-refractivity contribution < 1.29 is 24.3 Å². The van der Waals surface area contributed by atoms with Crippen LogP contribution in [0.2, 0.25) is 0 Å². The first-order valence-corrected chi connectivity index (χ1v) is 12.7. The van der Waals surface area contributed by atoms with Crippen LogP contribution in [-0.2, 0) is 22.6 Å². The Morgan fingerprint density at radius 1 is 0.973 bits per heavy atom. The molecule has 1 aliphatic rings. The van der Waals surface area contributed by atoms with Gasteiger partial charge in [-0.05, 0) is 47.7 Å². The minimum atomic E-state index is -0.719. The van der Waals surface area contributed by atoms with Gasteiger partial charge in [-0.3, -0.25) is 9.59 Å². The van der Waals surface area contributed by atoms with E-state index in [-0.39, 0.29) is 5.57 Å². The number of quaternary nitrogens is 1. The second-order valence-corrected chi connectivity index (χ2v) is 9.83. The summed E-state index contributed by atoms with van der Waals surface area (Å²) in [5, 5.41) is 13.6. The van der Waals surface area contributed by atoms with Crippen LogP contribution in [-0.4, -0.2) is 43.8 Å². The third-order valence-corrected chi connectivity index (χ3v) is 6.69. The first kappa shape index (κ1) is 26.2. The maximum absolute atomic E-state index is 13.6. The molecule has 6 heteroatoms. The molecule has 0 bridgehead atoms. The molecule has 3 aromatic carbocycles. The van der Waals surface area contributed by atoms with Gasteiger partial charge in [0.05, 0.1) is 33.2 Å². The fourth-order valence-electron chi connectivity index (χ4n) is 4.55. The Kier molecular flexibility index (Phi) is 8.09. The van der Waals surface area contributed by atoms with Crippen LogP contribution >= 0.6 is 0 Å². The predicted octanol–water partition coefficient (Wildman–Crippen LogP) is 2.50. The molecule has 0 radical (unpaired) electrons. The number of benzene rings is 3. The number of carbonyl (C=O) groups is 2. The maximum atomic E-state index is 13.6. The summed E-state index contributed by atoms with van der Waals surface area (Å²) in [6.07, 6.45) is 0.879. The molecule has 1 N–H and O–H groups in total.